The molecule has 0 N–H and O–H groups in total. The summed E-state index contributed by atoms with van der Waals surface area (Å²) < 4.78 is 25.1. The second-order valence-electron chi connectivity index (χ2n) is 2.68. The van der Waals surface area contributed by atoms with Crippen molar-refractivity contribution in [1.29, 1.82) is 0 Å². The lowest BCUT2D eigenvalue weighted by Crippen LogP contribution is -1.97. The van der Waals surface area contributed by atoms with Crippen molar-refractivity contribution in [1.82, 2.24) is 4.98 Å². The smallest absolute Gasteiger partial charge is 0.147 e. The Morgan fingerprint density at radius 1 is 1.23 bits per heavy atom. The van der Waals surface area contributed by atoms with Gasteiger partial charge in [0.05, 0.1) is 11.9 Å². The predicted octanol–water partition coefficient (Wildman–Crippen LogP) is 3.51. The minimum Gasteiger partial charge on any atom is -0.255 e. The molecule has 1 aromatic heterocycles. The Morgan fingerprint density at radius 3 is 2.15 bits per heavy atom. The van der Waals surface area contributed by atoms with Crippen molar-refractivity contribution in [2.75, 3.05) is 0 Å². The van der Waals surface area contributed by atoms with E-state index in [4.69, 9.17) is 0 Å². The van der Waals surface area contributed by atoms with Gasteiger partial charge in [0.2, 0.25) is 0 Å². The molecular formula is C10H15F2N. The number of hydrogen-bond acceptors (Lipinski definition) is 1. The molecule has 0 radical (unpaired) electrons. The van der Waals surface area contributed by atoms with E-state index in [1.807, 2.05) is 27.7 Å². The summed E-state index contributed by atoms with van der Waals surface area (Å²) in [5.41, 5.74) is 0.311. The summed E-state index contributed by atoms with van der Waals surface area (Å²) in [6.45, 7) is 7.62. The van der Waals surface area contributed by atoms with Gasteiger partial charge in [-0.15, -0.1) is 0 Å². The average molecular weight is 187 g/mol. The third-order valence-corrected chi connectivity index (χ3v) is 1.38. The standard InChI is InChI=1S/C8H9F2N.C2H6/c1-5(2)8-7(10)3-6(9)4-11-8;1-2/h3-5H,1-2H3;1-2H3. The third-order valence-electron chi connectivity index (χ3n) is 1.38. The molecule has 3 heteroatoms. The Balaban J connectivity index is 0.000000671. The van der Waals surface area contributed by atoms with Crippen molar-refractivity contribution in [2.24, 2.45) is 0 Å². The SMILES string of the molecule is CC.CC(C)c1ncc(F)cc1F. The second kappa shape index (κ2) is 5.62. The fourth-order valence-corrected chi connectivity index (χ4v) is 0.850. The van der Waals surface area contributed by atoms with E-state index in [1.54, 1.807) is 0 Å². The van der Waals surface area contributed by atoms with Gasteiger partial charge in [-0.1, -0.05) is 27.7 Å². The van der Waals surface area contributed by atoms with Gasteiger partial charge >= 0.3 is 0 Å². The van der Waals surface area contributed by atoms with Crippen LogP contribution in [0.25, 0.3) is 0 Å². The summed E-state index contributed by atoms with van der Waals surface area (Å²) in [6.07, 6.45) is 1.03. The molecule has 0 amide bonds. The summed E-state index contributed by atoms with van der Waals surface area (Å²) in [4.78, 5) is 3.63. The molecule has 0 bridgehead atoms. The lowest BCUT2D eigenvalue weighted by atomic mass is 10.1. The van der Waals surface area contributed by atoms with Gasteiger partial charge in [0.15, 0.2) is 0 Å². The molecule has 0 aromatic carbocycles. The van der Waals surface area contributed by atoms with Crippen LogP contribution >= 0.6 is 0 Å². The Labute approximate surface area is 77.8 Å². The Morgan fingerprint density at radius 2 is 1.77 bits per heavy atom. The van der Waals surface area contributed by atoms with Crippen LogP contribution in [0.3, 0.4) is 0 Å². The zero-order chi connectivity index (χ0) is 10.4. The van der Waals surface area contributed by atoms with Crippen LogP contribution in [0.15, 0.2) is 12.3 Å². The highest BCUT2D eigenvalue weighted by Crippen LogP contribution is 2.15. The molecule has 0 atom stereocenters. The van der Waals surface area contributed by atoms with E-state index in [0.29, 0.717) is 5.69 Å². The number of halogens is 2. The van der Waals surface area contributed by atoms with Gasteiger partial charge in [0, 0.05) is 6.07 Å². The maximum absolute atomic E-state index is 12.8. The van der Waals surface area contributed by atoms with Gasteiger partial charge in [0.25, 0.3) is 0 Å². The molecule has 1 nitrogen and oxygen atoms in total. The Bertz CT molecular complexity index is 259. The van der Waals surface area contributed by atoms with E-state index in [1.165, 1.54) is 0 Å². The highest BCUT2D eigenvalue weighted by molar-refractivity contribution is 5.11. The van der Waals surface area contributed by atoms with Crippen LogP contribution in [0.1, 0.15) is 39.3 Å². The van der Waals surface area contributed by atoms with Gasteiger partial charge in [0.1, 0.15) is 11.6 Å². The monoisotopic (exact) mass is 187 g/mol. The minimum atomic E-state index is -0.632. The molecule has 0 saturated heterocycles. The van der Waals surface area contributed by atoms with Crippen molar-refractivity contribution < 1.29 is 8.78 Å². The molecule has 0 fully saturated rings. The fourth-order valence-electron chi connectivity index (χ4n) is 0.850. The highest BCUT2D eigenvalue weighted by Gasteiger charge is 2.08. The first kappa shape index (κ1) is 12.0. The quantitative estimate of drug-likeness (QED) is 0.655. The van der Waals surface area contributed by atoms with Crippen molar-refractivity contribution in [3.63, 3.8) is 0 Å². The number of rotatable bonds is 1. The zero-order valence-electron chi connectivity index (χ0n) is 8.44. The molecular weight excluding hydrogens is 172 g/mol. The van der Waals surface area contributed by atoms with E-state index >= 15 is 0 Å². The molecule has 1 rings (SSSR count). The van der Waals surface area contributed by atoms with Crippen LogP contribution in [0.4, 0.5) is 8.78 Å². The molecule has 13 heavy (non-hydrogen) atoms. The zero-order valence-corrected chi connectivity index (χ0v) is 8.44. The molecule has 0 saturated carbocycles. The Hall–Kier alpha value is -0.990. The molecule has 74 valence electrons. The molecule has 1 heterocycles. The molecule has 0 aliphatic heterocycles. The van der Waals surface area contributed by atoms with E-state index < -0.39 is 11.6 Å². The van der Waals surface area contributed by atoms with Crippen molar-refractivity contribution >= 4 is 0 Å². The molecule has 0 spiro atoms. The van der Waals surface area contributed by atoms with Gasteiger partial charge in [-0.05, 0) is 5.92 Å². The van der Waals surface area contributed by atoms with Gasteiger partial charge in [-0.3, -0.25) is 4.98 Å². The number of pyridine rings is 1. The van der Waals surface area contributed by atoms with E-state index in [-0.39, 0.29) is 5.92 Å². The normalized spacial score (nSPS) is 9.46. The van der Waals surface area contributed by atoms with Gasteiger partial charge < -0.3 is 0 Å². The van der Waals surface area contributed by atoms with Gasteiger partial charge in [-0.25, -0.2) is 8.78 Å². The third kappa shape index (κ3) is 3.49. The van der Waals surface area contributed by atoms with Crippen LogP contribution in [0.2, 0.25) is 0 Å². The van der Waals surface area contributed by atoms with Crippen LogP contribution in [-0.2, 0) is 0 Å². The van der Waals surface area contributed by atoms with Crippen molar-refractivity contribution in [2.45, 2.75) is 33.6 Å². The number of hydrogen-bond donors (Lipinski definition) is 0. The maximum Gasteiger partial charge on any atom is 0.147 e. The highest BCUT2D eigenvalue weighted by atomic mass is 19.1. The van der Waals surface area contributed by atoms with Crippen LogP contribution in [0.5, 0.6) is 0 Å². The lowest BCUT2D eigenvalue weighted by Gasteiger charge is -2.03. The first-order chi connectivity index (χ1) is 6.11. The molecule has 0 aliphatic carbocycles. The summed E-state index contributed by atoms with van der Waals surface area (Å²) >= 11 is 0. The van der Waals surface area contributed by atoms with E-state index in [9.17, 15) is 8.78 Å². The molecule has 1 aromatic rings. The number of nitrogens with zero attached hydrogens (tertiary/aromatic N) is 1. The first-order valence-electron chi connectivity index (χ1n) is 4.42. The second-order valence-corrected chi connectivity index (χ2v) is 2.68. The van der Waals surface area contributed by atoms with Crippen LogP contribution in [0, 0.1) is 11.6 Å². The average Bonchev–Trinajstić information content (AvgIpc) is 2.07. The fraction of sp³-hybridized carbons (Fsp3) is 0.500. The van der Waals surface area contributed by atoms with Crippen LogP contribution in [-0.4, -0.2) is 4.98 Å². The van der Waals surface area contributed by atoms with Crippen molar-refractivity contribution in [3.8, 4) is 0 Å². The molecule has 0 aliphatic rings. The minimum absolute atomic E-state index is 0.00407. The lowest BCUT2D eigenvalue weighted by molar-refractivity contribution is 0.548. The summed E-state index contributed by atoms with van der Waals surface area (Å²) in [7, 11) is 0. The number of aromatic nitrogens is 1. The Kier molecular flexibility index (Phi) is 5.19. The van der Waals surface area contributed by atoms with E-state index in [0.717, 1.165) is 12.3 Å². The van der Waals surface area contributed by atoms with Gasteiger partial charge in [-0.2, -0.15) is 0 Å². The molecule has 0 unspecified atom stereocenters. The first-order valence-corrected chi connectivity index (χ1v) is 4.42. The summed E-state index contributed by atoms with van der Waals surface area (Å²) in [6, 6.07) is 0.850. The van der Waals surface area contributed by atoms with Crippen molar-refractivity contribution in [3.05, 3.63) is 29.6 Å². The largest absolute Gasteiger partial charge is 0.255 e. The summed E-state index contributed by atoms with van der Waals surface area (Å²) in [5.74, 6) is -1.21. The summed E-state index contributed by atoms with van der Waals surface area (Å²) in [5, 5.41) is 0. The maximum atomic E-state index is 12.8. The topological polar surface area (TPSA) is 12.9 Å². The predicted molar refractivity (Wildman–Crippen MR) is 49.6 cm³/mol. The van der Waals surface area contributed by atoms with E-state index in [2.05, 4.69) is 4.98 Å². The van der Waals surface area contributed by atoms with Crippen LogP contribution < -0.4 is 0 Å².